The van der Waals surface area contributed by atoms with E-state index in [1.165, 1.54) is 12.8 Å². The minimum absolute atomic E-state index is 0.373. The molecule has 0 aromatic carbocycles. The SMILES string of the molecule is O=C(/C=C/OCCCC1CC1)C(F)(F)F. The maximum atomic E-state index is 11.7. The molecule has 5 heteroatoms. The highest BCUT2D eigenvalue weighted by Gasteiger charge is 2.36. The van der Waals surface area contributed by atoms with Gasteiger partial charge < -0.3 is 4.74 Å². The van der Waals surface area contributed by atoms with Gasteiger partial charge in [0.25, 0.3) is 5.78 Å². The van der Waals surface area contributed by atoms with Crippen molar-refractivity contribution in [2.24, 2.45) is 5.92 Å². The number of halogens is 3. The zero-order valence-corrected chi connectivity index (χ0v) is 8.22. The normalized spacial score (nSPS) is 17.0. The maximum Gasteiger partial charge on any atom is 0.454 e. The van der Waals surface area contributed by atoms with Crippen LogP contribution in [0.25, 0.3) is 0 Å². The topological polar surface area (TPSA) is 26.3 Å². The quantitative estimate of drug-likeness (QED) is 0.392. The molecule has 0 radical (unpaired) electrons. The molecule has 0 N–H and O–H groups in total. The summed E-state index contributed by atoms with van der Waals surface area (Å²) >= 11 is 0. The number of carbonyl (C=O) groups is 1. The summed E-state index contributed by atoms with van der Waals surface area (Å²) in [5.41, 5.74) is 0. The van der Waals surface area contributed by atoms with Gasteiger partial charge in [0.05, 0.1) is 12.9 Å². The zero-order valence-electron chi connectivity index (χ0n) is 8.22. The molecule has 1 aliphatic rings. The first kappa shape index (κ1) is 12.1. The van der Waals surface area contributed by atoms with Gasteiger partial charge in [-0.05, 0) is 18.8 Å². The van der Waals surface area contributed by atoms with Crippen LogP contribution < -0.4 is 0 Å². The number of ether oxygens (including phenoxy) is 1. The molecule has 0 aromatic heterocycles. The van der Waals surface area contributed by atoms with E-state index in [1.54, 1.807) is 0 Å². The van der Waals surface area contributed by atoms with E-state index in [0.29, 0.717) is 12.7 Å². The molecule has 0 unspecified atom stereocenters. The second-order valence-electron chi connectivity index (χ2n) is 3.62. The lowest BCUT2D eigenvalue weighted by molar-refractivity contribution is -0.165. The highest BCUT2D eigenvalue weighted by molar-refractivity contribution is 5.94. The van der Waals surface area contributed by atoms with Crippen molar-refractivity contribution in [2.45, 2.75) is 31.9 Å². The van der Waals surface area contributed by atoms with Gasteiger partial charge in [-0.1, -0.05) is 12.8 Å². The second kappa shape index (κ2) is 5.19. The number of alkyl halides is 3. The van der Waals surface area contributed by atoms with E-state index in [4.69, 9.17) is 4.74 Å². The number of allylic oxidation sites excluding steroid dienone is 1. The number of carbonyl (C=O) groups excluding carboxylic acids is 1. The Morgan fingerprint density at radius 1 is 1.40 bits per heavy atom. The Morgan fingerprint density at radius 2 is 2.07 bits per heavy atom. The summed E-state index contributed by atoms with van der Waals surface area (Å²) in [7, 11) is 0. The molecule has 1 fully saturated rings. The summed E-state index contributed by atoms with van der Waals surface area (Å²) in [5, 5.41) is 0. The standard InChI is InChI=1S/C10H13F3O2/c11-10(12,13)9(14)5-7-15-6-1-2-8-3-4-8/h5,7-8H,1-4,6H2/b7-5+. The van der Waals surface area contributed by atoms with Crippen molar-refractivity contribution in [3.63, 3.8) is 0 Å². The predicted octanol–water partition coefficient (Wildman–Crippen LogP) is 2.84. The van der Waals surface area contributed by atoms with Gasteiger partial charge in [0.15, 0.2) is 0 Å². The lowest BCUT2D eigenvalue weighted by Crippen LogP contribution is -2.19. The highest BCUT2D eigenvalue weighted by Crippen LogP contribution is 2.33. The first-order valence-corrected chi connectivity index (χ1v) is 4.89. The third-order valence-corrected chi connectivity index (χ3v) is 2.17. The molecule has 1 rings (SSSR count). The monoisotopic (exact) mass is 222 g/mol. The van der Waals surface area contributed by atoms with Gasteiger partial charge in [-0.3, -0.25) is 4.79 Å². The number of ketones is 1. The van der Waals surface area contributed by atoms with E-state index in [9.17, 15) is 18.0 Å². The van der Waals surface area contributed by atoms with Crippen LogP contribution >= 0.6 is 0 Å². The smallest absolute Gasteiger partial charge is 0.454 e. The predicted molar refractivity (Wildman–Crippen MR) is 48.1 cm³/mol. The zero-order chi connectivity index (χ0) is 11.3. The van der Waals surface area contributed by atoms with Gasteiger partial charge in [-0.15, -0.1) is 0 Å². The van der Waals surface area contributed by atoms with E-state index in [-0.39, 0.29) is 0 Å². The summed E-state index contributed by atoms with van der Waals surface area (Å²) < 4.78 is 39.8. The van der Waals surface area contributed by atoms with Crippen LogP contribution in [0.5, 0.6) is 0 Å². The lowest BCUT2D eigenvalue weighted by atomic mass is 10.2. The van der Waals surface area contributed by atoms with Crippen molar-refractivity contribution in [1.29, 1.82) is 0 Å². The van der Waals surface area contributed by atoms with Crippen molar-refractivity contribution in [3.05, 3.63) is 12.3 Å². The fraction of sp³-hybridized carbons (Fsp3) is 0.700. The van der Waals surface area contributed by atoms with Crippen LogP contribution in [0.4, 0.5) is 13.2 Å². The Morgan fingerprint density at radius 3 is 2.60 bits per heavy atom. The average Bonchev–Trinajstić information content (AvgIpc) is 2.92. The molecule has 0 amide bonds. The van der Waals surface area contributed by atoms with Crippen LogP contribution in [0, 0.1) is 5.92 Å². The molecule has 0 bridgehead atoms. The van der Waals surface area contributed by atoms with Crippen molar-refractivity contribution >= 4 is 5.78 Å². The molecule has 0 heterocycles. The number of rotatable bonds is 6. The molecule has 1 saturated carbocycles. The fourth-order valence-electron chi connectivity index (χ4n) is 1.13. The van der Waals surface area contributed by atoms with Crippen molar-refractivity contribution in [1.82, 2.24) is 0 Å². The van der Waals surface area contributed by atoms with Crippen LogP contribution in [-0.4, -0.2) is 18.6 Å². The molecule has 0 saturated heterocycles. The molecule has 0 atom stereocenters. The van der Waals surface area contributed by atoms with E-state index in [2.05, 4.69) is 0 Å². The van der Waals surface area contributed by atoms with Gasteiger partial charge in [-0.25, -0.2) is 0 Å². The van der Waals surface area contributed by atoms with Crippen LogP contribution in [-0.2, 0) is 9.53 Å². The molecule has 15 heavy (non-hydrogen) atoms. The minimum Gasteiger partial charge on any atom is -0.501 e. The molecule has 2 nitrogen and oxygen atoms in total. The van der Waals surface area contributed by atoms with Crippen LogP contribution in [0.2, 0.25) is 0 Å². The van der Waals surface area contributed by atoms with Crippen molar-refractivity contribution in [3.8, 4) is 0 Å². The molecule has 0 aromatic rings. The Balaban J connectivity index is 2.02. The molecule has 1 aliphatic carbocycles. The van der Waals surface area contributed by atoms with E-state index in [1.807, 2.05) is 0 Å². The molecular weight excluding hydrogens is 209 g/mol. The summed E-state index contributed by atoms with van der Waals surface area (Å²) in [6.07, 6.45) is 0.828. The first-order valence-electron chi connectivity index (χ1n) is 4.89. The highest BCUT2D eigenvalue weighted by atomic mass is 19.4. The van der Waals surface area contributed by atoms with Gasteiger partial charge >= 0.3 is 6.18 Å². The second-order valence-corrected chi connectivity index (χ2v) is 3.62. The molecular formula is C10H13F3O2. The largest absolute Gasteiger partial charge is 0.501 e. The van der Waals surface area contributed by atoms with Crippen LogP contribution in [0.1, 0.15) is 25.7 Å². The van der Waals surface area contributed by atoms with E-state index in [0.717, 1.165) is 25.0 Å². The number of hydrogen-bond acceptors (Lipinski definition) is 2. The van der Waals surface area contributed by atoms with E-state index < -0.39 is 12.0 Å². The Labute approximate surface area is 86.1 Å². The first-order chi connectivity index (χ1) is 7.00. The van der Waals surface area contributed by atoms with E-state index >= 15 is 0 Å². The van der Waals surface area contributed by atoms with Gasteiger partial charge in [0.2, 0.25) is 0 Å². The summed E-state index contributed by atoms with van der Waals surface area (Å²) in [6.45, 7) is 0.373. The Bertz CT molecular complexity index is 242. The maximum absolute atomic E-state index is 11.7. The molecule has 86 valence electrons. The molecule has 0 spiro atoms. The summed E-state index contributed by atoms with van der Waals surface area (Å²) in [5.74, 6) is -1.10. The summed E-state index contributed by atoms with van der Waals surface area (Å²) in [6, 6.07) is 0. The van der Waals surface area contributed by atoms with Gasteiger partial charge in [0.1, 0.15) is 0 Å². The van der Waals surface area contributed by atoms with Crippen molar-refractivity contribution in [2.75, 3.05) is 6.61 Å². The van der Waals surface area contributed by atoms with Crippen LogP contribution in [0.3, 0.4) is 0 Å². The van der Waals surface area contributed by atoms with Crippen molar-refractivity contribution < 1.29 is 22.7 Å². The number of hydrogen-bond donors (Lipinski definition) is 0. The molecule has 0 aliphatic heterocycles. The third kappa shape index (κ3) is 5.44. The van der Waals surface area contributed by atoms with Gasteiger partial charge in [-0.2, -0.15) is 13.2 Å². The third-order valence-electron chi connectivity index (χ3n) is 2.17. The van der Waals surface area contributed by atoms with Gasteiger partial charge in [0, 0.05) is 6.08 Å². The lowest BCUT2D eigenvalue weighted by Gasteiger charge is -2.01. The average molecular weight is 222 g/mol. The Kier molecular flexibility index (Phi) is 4.17. The van der Waals surface area contributed by atoms with Crippen LogP contribution in [0.15, 0.2) is 12.3 Å². The fourth-order valence-corrected chi connectivity index (χ4v) is 1.13. The Hall–Kier alpha value is -1.00. The summed E-state index contributed by atoms with van der Waals surface area (Å²) in [4.78, 5) is 10.3. The minimum atomic E-state index is -4.80.